The number of rotatable bonds is 3. The zero-order valence-corrected chi connectivity index (χ0v) is 9.18. The summed E-state index contributed by atoms with van der Waals surface area (Å²) in [7, 11) is 3.41. The van der Waals surface area contributed by atoms with E-state index in [-0.39, 0.29) is 0 Å². The van der Waals surface area contributed by atoms with Crippen molar-refractivity contribution in [2.24, 2.45) is 7.05 Å². The maximum atomic E-state index is 10.9. The van der Waals surface area contributed by atoms with Gasteiger partial charge in [-0.05, 0) is 24.3 Å². The van der Waals surface area contributed by atoms with Crippen LogP contribution in [0.15, 0.2) is 30.5 Å². The van der Waals surface area contributed by atoms with E-state index in [1.165, 1.54) is 0 Å². The van der Waals surface area contributed by atoms with E-state index in [9.17, 15) is 4.79 Å². The monoisotopic (exact) mass is 216 g/mol. The molecule has 1 heterocycles. The van der Waals surface area contributed by atoms with Gasteiger partial charge in [0.2, 0.25) is 0 Å². The predicted octanol–water partition coefficient (Wildman–Crippen LogP) is 1.91. The lowest BCUT2D eigenvalue weighted by molar-refractivity contribution is 0.112. The van der Waals surface area contributed by atoms with Crippen molar-refractivity contribution in [1.29, 1.82) is 0 Å². The highest BCUT2D eigenvalue weighted by atomic mass is 16.5. The van der Waals surface area contributed by atoms with Crippen molar-refractivity contribution in [3.05, 3.63) is 36.0 Å². The van der Waals surface area contributed by atoms with Gasteiger partial charge in [-0.15, -0.1) is 0 Å². The van der Waals surface area contributed by atoms with Gasteiger partial charge >= 0.3 is 0 Å². The second kappa shape index (κ2) is 4.18. The molecule has 0 bridgehead atoms. The first-order chi connectivity index (χ1) is 7.74. The second-order valence-corrected chi connectivity index (χ2v) is 3.45. The molecule has 0 aliphatic carbocycles. The molecule has 16 heavy (non-hydrogen) atoms. The molecule has 0 saturated carbocycles. The van der Waals surface area contributed by atoms with Crippen LogP contribution in [0.1, 0.15) is 10.4 Å². The van der Waals surface area contributed by atoms with Crippen LogP contribution in [-0.4, -0.2) is 23.2 Å². The molecule has 0 aliphatic heterocycles. The zero-order chi connectivity index (χ0) is 11.5. The van der Waals surface area contributed by atoms with Gasteiger partial charge in [0.25, 0.3) is 0 Å². The zero-order valence-electron chi connectivity index (χ0n) is 9.18. The number of aryl methyl sites for hydroxylation is 1. The molecule has 4 heteroatoms. The van der Waals surface area contributed by atoms with Crippen molar-refractivity contribution in [3.63, 3.8) is 0 Å². The molecule has 0 fully saturated rings. The molecule has 2 aromatic rings. The Morgan fingerprint density at radius 3 is 2.56 bits per heavy atom. The summed E-state index contributed by atoms with van der Waals surface area (Å²) in [4.78, 5) is 10.9. The first-order valence-corrected chi connectivity index (χ1v) is 4.88. The molecule has 82 valence electrons. The number of ether oxygens (including phenoxy) is 1. The van der Waals surface area contributed by atoms with Crippen molar-refractivity contribution in [3.8, 4) is 17.0 Å². The molecule has 0 radical (unpaired) electrons. The standard InChI is InChI=1S/C12H12N2O2/c1-14-7-10(8-15)12(13-14)9-3-5-11(16-2)6-4-9/h3-8H,1-2H3. The lowest BCUT2D eigenvalue weighted by atomic mass is 10.1. The molecular formula is C12H12N2O2. The van der Waals surface area contributed by atoms with E-state index < -0.39 is 0 Å². The van der Waals surface area contributed by atoms with Crippen molar-refractivity contribution < 1.29 is 9.53 Å². The van der Waals surface area contributed by atoms with Crippen LogP contribution in [-0.2, 0) is 7.05 Å². The minimum atomic E-state index is 0.590. The number of carbonyl (C=O) groups is 1. The molecule has 0 spiro atoms. The molecule has 2 rings (SSSR count). The summed E-state index contributed by atoms with van der Waals surface area (Å²) in [5.41, 5.74) is 2.19. The van der Waals surface area contributed by atoms with E-state index in [1.54, 1.807) is 25.0 Å². The Bertz CT molecular complexity index is 500. The van der Waals surface area contributed by atoms with Gasteiger partial charge in [0.1, 0.15) is 11.4 Å². The van der Waals surface area contributed by atoms with Gasteiger partial charge in [-0.25, -0.2) is 0 Å². The fourth-order valence-corrected chi connectivity index (χ4v) is 1.57. The molecule has 1 aromatic carbocycles. The molecule has 0 unspecified atom stereocenters. The van der Waals surface area contributed by atoms with Gasteiger partial charge in [-0.3, -0.25) is 9.48 Å². The van der Waals surface area contributed by atoms with Crippen molar-refractivity contribution in [1.82, 2.24) is 9.78 Å². The highest BCUT2D eigenvalue weighted by Crippen LogP contribution is 2.23. The van der Waals surface area contributed by atoms with Crippen LogP contribution in [0.2, 0.25) is 0 Å². The first-order valence-electron chi connectivity index (χ1n) is 4.88. The number of benzene rings is 1. The normalized spacial score (nSPS) is 10.1. The number of methoxy groups -OCH3 is 1. The Balaban J connectivity index is 2.45. The van der Waals surface area contributed by atoms with Crippen LogP contribution in [0.3, 0.4) is 0 Å². The van der Waals surface area contributed by atoms with Gasteiger partial charge < -0.3 is 4.74 Å². The average molecular weight is 216 g/mol. The SMILES string of the molecule is COc1ccc(-c2nn(C)cc2C=O)cc1. The Hall–Kier alpha value is -2.10. The fourth-order valence-electron chi connectivity index (χ4n) is 1.57. The maximum absolute atomic E-state index is 10.9. The molecule has 0 atom stereocenters. The third kappa shape index (κ3) is 1.82. The Morgan fingerprint density at radius 1 is 1.31 bits per heavy atom. The summed E-state index contributed by atoms with van der Waals surface area (Å²) < 4.78 is 6.70. The third-order valence-electron chi connectivity index (χ3n) is 2.35. The number of hydrogen-bond acceptors (Lipinski definition) is 3. The molecular weight excluding hydrogens is 204 g/mol. The largest absolute Gasteiger partial charge is 0.497 e. The number of carbonyl (C=O) groups excluding carboxylic acids is 1. The fraction of sp³-hybridized carbons (Fsp3) is 0.167. The maximum Gasteiger partial charge on any atom is 0.153 e. The van der Waals surface area contributed by atoms with E-state index in [2.05, 4.69) is 5.10 Å². The van der Waals surface area contributed by atoms with Crippen LogP contribution < -0.4 is 4.74 Å². The molecule has 1 aromatic heterocycles. The van der Waals surface area contributed by atoms with E-state index in [0.717, 1.165) is 17.6 Å². The third-order valence-corrected chi connectivity index (χ3v) is 2.35. The second-order valence-electron chi connectivity index (χ2n) is 3.45. The Labute approximate surface area is 93.5 Å². The first kappa shape index (κ1) is 10.4. The van der Waals surface area contributed by atoms with E-state index in [0.29, 0.717) is 11.3 Å². The molecule has 0 N–H and O–H groups in total. The highest BCUT2D eigenvalue weighted by Gasteiger charge is 2.08. The summed E-state index contributed by atoms with van der Waals surface area (Å²) in [6.07, 6.45) is 2.51. The summed E-state index contributed by atoms with van der Waals surface area (Å²) in [5, 5.41) is 4.25. The van der Waals surface area contributed by atoms with Gasteiger partial charge in [0.15, 0.2) is 6.29 Å². The number of nitrogens with zero attached hydrogens (tertiary/aromatic N) is 2. The van der Waals surface area contributed by atoms with E-state index >= 15 is 0 Å². The van der Waals surface area contributed by atoms with Crippen LogP contribution in [0.25, 0.3) is 11.3 Å². The van der Waals surface area contributed by atoms with Crippen molar-refractivity contribution >= 4 is 6.29 Å². The average Bonchev–Trinajstić information content (AvgIpc) is 2.70. The van der Waals surface area contributed by atoms with Gasteiger partial charge in [-0.2, -0.15) is 5.10 Å². The van der Waals surface area contributed by atoms with Crippen molar-refractivity contribution in [2.75, 3.05) is 7.11 Å². The molecule has 0 aliphatic rings. The quantitative estimate of drug-likeness (QED) is 0.736. The minimum Gasteiger partial charge on any atom is -0.497 e. The minimum absolute atomic E-state index is 0.590. The van der Waals surface area contributed by atoms with Gasteiger partial charge in [-0.1, -0.05) is 0 Å². The van der Waals surface area contributed by atoms with Crippen LogP contribution in [0, 0.1) is 0 Å². The predicted molar refractivity (Wildman–Crippen MR) is 60.6 cm³/mol. The van der Waals surface area contributed by atoms with Crippen LogP contribution in [0.4, 0.5) is 0 Å². The number of aromatic nitrogens is 2. The molecule has 0 amide bonds. The lowest BCUT2D eigenvalue weighted by Gasteiger charge is -2.01. The summed E-state index contributed by atoms with van der Waals surface area (Å²) in [5.74, 6) is 0.785. The van der Waals surface area contributed by atoms with E-state index in [1.807, 2.05) is 24.3 Å². The highest BCUT2D eigenvalue weighted by molar-refractivity contribution is 5.85. The van der Waals surface area contributed by atoms with Crippen molar-refractivity contribution in [2.45, 2.75) is 0 Å². The number of aldehydes is 1. The topological polar surface area (TPSA) is 44.1 Å². The number of hydrogen-bond donors (Lipinski definition) is 0. The summed E-state index contributed by atoms with van der Waals surface area (Å²) in [6.45, 7) is 0. The van der Waals surface area contributed by atoms with Gasteiger partial charge in [0.05, 0.1) is 12.7 Å². The van der Waals surface area contributed by atoms with Crippen LogP contribution >= 0.6 is 0 Å². The smallest absolute Gasteiger partial charge is 0.153 e. The summed E-state index contributed by atoms with van der Waals surface area (Å²) >= 11 is 0. The van der Waals surface area contributed by atoms with Crippen LogP contribution in [0.5, 0.6) is 5.75 Å². The lowest BCUT2D eigenvalue weighted by Crippen LogP contribution is -1.88. The molecule has 4 nitrogen and oxygen atoms in total. The Morgan fingerprint density at radius 2 is 2.00 bits per heavy atom. The summed E-state index contributed by atoms with van der Waals surface area (Å²) in [6, 6.07) is 7.46. The Kier molecular flexibility index (Phi) is 2.72. The molecule has 0 saturated heterocycles. The van der Waals surface area contributed by atoms with Gasteiger partial charge in [0, 0.05) is 18.8 Å². The van der Waals surface area contributed by atoms with E-state index in [4.69, 9.17) is 4.74 Å².